The van der Waals surface area contributed by atoms with Crippen LogP contribution in [0.5, 0.6) is 0 Å². The summed E-state index contributed by atoms with van der Waals surface area (Å²) in [4.78, 5) is 11.9. The number of anilines is 1. The van der Waals surface area contributed by atoms with Crippen molar-refractivity contribution >= 4 is 39.1 Å². The Bertz CT molecular complexity index is 440. The summed E-state index contributed by atoms with van der Waals surface area (Å²) >= 11 is 9.29. The first kappa shape index (κ1) is 15.5. The minimum Gasteiger partial charge on any atom is -0.326 e. The summed E-state index contributed by atoms with van der Waals surface area (Å²) in [6.07, 6.45) is 0.511. The van der Waals surface area contributed by atoms with Crippen LogP contribution in [0.3, 0.4) is 0 Å². The summed E-state index contributed by atoms with van der Waals surface area (Å²) in [6, 6.07) is 5.39. The van der Waals surface area contributed by atoms with Crippen LogP contribution in [-0.4, -0.2) is 5.91 Å². The summed E-state index contributed by atoms with van der Waals surface area (Å²) in [6.45, 7) is 8.51. The number of carbonyl (C=O) groups excluding carboxylic acids is 1. The van der Waals surface area contributed by atoms with Crippen molar-refractivity contribution in [1.29, 1.82) is 0 Å². The number of halogens is 2. The summed E-state index contributed by atoms with van der Waals surface area (Å²) in [5.41, 5.74) is 0.864. The molecular weight excluding hydrogens is 314 g/mol. The van der Waals surface area contributed by atoms with Gasteiger partial charge in [0.1, 0.15) is 0 Å². The second-order valence-electron chi connectivity index (χ2n) is 5.65. The number of benzene rings is 1. The molecule has 1 atom stereocenters. The molecule has 0 saturated carbocycles. The molecule has 0 heterocycles. The van der Waals surface area contributed by atoms with E-state index in [2.05, 4.69) is 48.9 Å². The Hall–Kier alpha value is -0.540. The molecule has 0 radical (unpaired) electrons. The van der Waals surface area contributed by atoms with Gasteiger partial charge in [-0.2, -0.15) is 0 Å². The van der Waals surface area contributed by atoms with Gasteiger partial charge in [0.15, 0.2) is 0 Å². The first-order chi connectivity index (χ1) is 8.20. The minimum atomic E-state index is 0.0239. The number of amides is 1. The van der Waals surface area contributed by atoms with Gasteiger partial charge in [-0.3, -0.25) is 4.79 Å². The SMILES string of the molecule is CC(CC(=O)Nc1ccc(Br)c(Cl)c1)C(C)(C)C. The van der Waals surface area contributed by atoms with Gasteiger partial charge < -0.3 is 5.32 Å². The van der Waals surface area contributed by atoms with E-state index in [-0.39, 0.29) is 11.3 Å². The lowest BCUT2D eigenvalue weighted by Gasteiger charge is -2.26. The van der Waals surface area contributed by atoms with E-state index in [1.807, 2.05) is 12.1 Å². The molecule has 0 spiro atoms. The van der Waals surface area contributed by atoms with E-state index in [9.17, 15) is 4.79 Å². The molecule has 2 nitrogen and oxygen atoms in total. The highest BCUT2D eigenvalue weighted by Crippen LogP contribution is 2.29. The van der Waals surface area contributed by atoms with Gasteiger partial charge in [0.2, 0.25) is 5.91 Å². The second kappa shape index (κ2) is 6.07. The molecule has 1 unspecified atom stereocenters. The maximum absolute atomic E-state index is 11.9. The Kier molecular flexibility index (Phi) is 5.23. The van der Waals surface area contributed by atoms with E-state index in [1.165, 1.54) is 0 Å². The van der Waals surface area contributed by atoms with Gasteiger partial charge in [0.05, 0.1) is 5.02 Å². The van der Waals surface area contributed by atoms with Crippen LogP contribution in [0, 0.1) is 11.3 Å². The minimum absolute atomic E-state index is 0.0239. The standard InChI is InChI=1S/C14H19BrClNO/c1-9(14(2,3)4)7-13(18)17-10-5-6-11(15)12(16)8-10/h5-6,8-9H,7H2,1-4H3,(H,17,18). The zero-order valence-electron chi connectivity index (χ0n) is 11.2. The normalized spacial score (nSPS) is 13.2. The van der Waals surface area contributed by atoms with Crippen LogP contribution in [0.15, 0.2) is 22.7 Å². The molecule has 0 aliphatic heterocycles. The molecule has 1 rings (SSSR count). The fourth-order valence-corrected chi connectivity index (χ4v) is 1.80. The average molecular weight is 333 g/mol. The molecule has 0 aliphatic carbocycles. The lowest BCUT2D eigenvalue weighted by Crippen LogP contribution is -2.23. The van der Waals surface area contributed by atoms with E-state index in [0.717, 1.165) is 10.2 Å². The van der Waals surface area contributed by atoms with Crippen LogP contribution in [0.1, 0.15) is 34.1 Å². The van der Waals surface area contributed by atoms with Crippen molar-refractivity contribution in [2.45, 2.75) is 34.1 Å². The van der Waals surface area contributed by atoms with Crippen molar-refractivity contribution in [3.8, 4) is 0 Å². The van der Waals surface area contributed by atoms with E-state index >= 15 is 0 Å². The van der Waals surface area contributed by atoms with E-state index < -0.39 is 0 Å². The average Bonchev–Trinajstić information content (AvgIpc) is 2.22. The van der Waals surface area contributed by atoms with Crippen molar-refractivity contribution in [3.05, 3.63) is 27.7 Å². The highest BCUT2D eigenvalue weighted by atomic mass is 79.9. The summed E-state index contributed by atoms with van der Waals surface area (Å²) in [7, 11) is 0. The molecule has 0 aromatic heterocycles. The van der Waals surface area contributed by atoms with Gasteiger partial charge in [-0.25, -0.2) is 0 Å². The molecule has 0 bridgehead atoms. The quantitative estimate of drug-likeness (QED) is 0.818. The summed E-state index contributed by atoms with van der Waals surface area (Å²) in [5.74, 6) is 0.347. The Morgan fingerprint density at radius 3 is 2.56 bits per heavy atom. The number of hydrogen-bond acceptors (Lipinski definition) is 1. The Balaban J connectivity index is 2.62. The zero-order chi connectivity index (χ0) is 13.9. The Morgan fingerprint density at radius 1 is 1.44 bits per heavy atom. The zero-order valence-corrected chi connectivity index (χ0v) is 13.5. The van der Waals surface area contributed by atoms with Gasteiger partial charge in [-0.1, -0.05) is 39.3 Å². The lowest BCUT2D eigenvalue weighted by atomic mass is 9.80. The molecule has 0 saturated heterocycles. The third kappa shape index (κ3) is 4.62. The molecule has 0 aliphatic rings. The van der Waals surface area contributed by atoms with Crippen molar-refractivity contribution in [2.24, 2.45) is 11.3 Å². The van der Waals surface area contributed by atoms with Gasteiger partial charge in [0, 0.05) is 16.6 Å². The van der Waals surface area contributed by atoms with E-state index in [0.29, 0.717) is 17.4 Å². The van der Waals surface area contributed by atoms with E-state index in [1.54, 1.807) is 6.07 Å². The van der Waals surface area contributed by atoms with Crippen molar-refractivity contribution in [3.63, 3.8) is 0 Å². The van der Waals surface area contributed by atoms with Crippen molar-refractivity contribution in [1.82, 2.24) is 0 Å². The first-order valence-corrected chi connectivity index (χ1v) is 7.12. The molecule has 1 aromatic rings. The number of carbonyl (C=O) groups is 1. The predicted octanol–water partition coefficient (Wildman–Crippen LogP) is 5.11. The van der Waals surface area contributed by atoms with Gasteiger partial charge in [-0.15, -0.1) is 0 Å². The molecule has 100 valence electrons. The molecule has 1 amide bonds. The summed E-state index contributed by atoms with van der Waals surface area (Å²) in [5, 5.41) is 3.46. The number of rotatable bonds is 3. The third-order valence-electron chi connectivity index (χ3n) is 3.17. The molecule has 4 heteroatoms. The smallest absolute Gasteiger partial charge is 0.224 e. The van der Waals surface area contributed by atoms with Crippen LogP contribution in [0.4, 0.5) is 5.69 Å². The maximum Gasteiger partial charge on any atom is 0.224 e. The lowest BCUT2D eigenvalue weighted by molar-refractivity contribution is -0.117. The molecular formula is C14H19BrClNO. The monoisotopic (exact) mass is 331 g/mol. The van der Waals surface area contributed by atoms with Crippen molar-refractivity contribution in [2.75, 3.05) is 5.32 Å². The summed E-state index contributed by atoms with van der Waals surface area (Å²) < 4.78 is 0.824. The molecule has 1 N–H and O–H groups in total. The van der Waals surface area contributed by atoms with Crippen LogP contribution in [0.25, 0.3) is 0 Å². The van der Waals surface area contributed by atoms with Crippen LogP contribution in [0.2, 0.25) is 5.02 Å². The van der Waals surface area contributed by atoms with Gasteiger partial charge in [0.25, 0.3) is 0 Å². The third-order valence-corrected chi connectivity index (χ3v) is 4.41. The van der Waals surface area contributed by atoms with Crippen LogP contribution >= 0.6 is 27.5 Å². The van der Waals surface area contributed by atoms with Crippen LogP contribution < -0.4 is 5.32 Å². The topological polar surface area (TPSA) is 29.1 Å². The fourth-order valence-electron chi connectivity index (χ4n) is 1.37. The second-order valence-corrected chi connectivity index (χ2v) is 6.91. The van der Waals surface area contributed by atoms with E-state index in [4.69, 9.17) is 11.6 Å². The van der Waals surface area contributed by atoms with Crippen LogP contribution in [-0.2, 0) is 4.79 Å². The Labute approximate surface area is 122 Å². The maximum atomic E-state index is 11.9. The number of nitrogens with one attached hydrogen (secondary N) is 1. The van der Waals surface area contributed by atoms with Crippen molar-refractivity contribution < 1.29 is 4.79 Å². The number of hydrogen-bond donors (Lipinski definition) is 1. The molecule has 1 aromatic carbocycles. The van der Waals surface area contributed by atoms with Gasteiger partial charge in [-0.05, 0) is 45.5 Å². The first-order valence-electron chi connectivity index (χ1n) is 5.95. The highest BCUT2D eigenvalue weighted by molar-refractivity contribution is 9.10. The van der Waals surface area contributed by atoms with Gasteiger partial charge >= 0.3 is 0 Å². The molecule has 18 heavy (non-hydrogen) atoms. The fraction of sp³-hybridized carbons (Fsp3) is 0.500. The Morgan fingerprint density at radius 2 is 2.06 bits per heavy atom. The molecule has 0 fully saturated rings. The highest BCUT2D eigenvalue weighted by Gasteiger charge is 2.22. The largest absolute Gasteiger partial charge is 0.326 e. The predicted molar refractivity (Wildman–Crippen MR) is 81.0 cm³/mol.